The Morgan fingerprint density at radius 2 is 1.76 bits per heavy atom. The quantitative estimate of drug-likeness (QED) is 0.685. The maximum absolute atomic E-state index is 10.3. The number of ether oxygens (including phenoxy) is 1. The summed E-state index contributed by atoms with van der Waals surface area (Å²) in [5.41, 5.74) is 2.88. The van der Waals surface area contributed by atoms with Gasteiger partial charge in [0, 0.05) is 12.6 Å². The third-order valence-electron chi connectivity index (χ3n) is 4.12. The SMILES string of the molecule is COc1ccc(C(O)CNC(C)c2ccc(-n3cnnn3)cc2)cc1. The lowest BCUT2D eigenvalue weighted by molar-refractivity contribution is 0.170. The standard InChI is InChI=1S/C18H21N5O2/c1-13(14-3-7-16(8-4-14)23-12-20-21-22-23)19-11-18(24)15-5-9-17(25-2)10-6-15/h3-10,12-13,18-19,24H,11H2,1-2H3. The molecule has 25 heavy (non-hydrogen) atoms. The van der Waals surface area contributed by atoms with Crippen LogP contribution in [0, 0.1) is 0 Å². The minimum Gasteiger partial charge on any atom is -0.497 e. The summed E-state index contributed by atoms with van der Waals surface area (Å²) in [6.07, 6.45) is 0.982. The molecule has 0 amide bonds. The van der Waals surface area contributed by atoms with Crippen LogP contribution < -0.4 is 10.1 Å². The first-order valence-electron chi connectivity index (χ1n) is 8.06. The first kappa shape index (κ1) is 17.1. The number of tetrazole rings is 1. The Bertz CT molecular complexity index is 772. The molecule has 2 N–H and O–H groups in total. The number of hydrogen-bond acceptors (Lipinski definition) is 6. The van der Waals surface area contributed by atoms with Crippen LogP contribution in [-0.4, -0.2) is 39.0 Å². The number of hydrogen-bond donors (Lipinski definition) is 2. The molecule has 3 aromatic rings. The topological polar surface area (TPSA) is 85.1 Å². The van der Waals surface area contributed by atoms with Crippen molar-refractivity contribution in [2.45, 2.75) is 19.1 Å². The number of nitrogens with zero attached hydrogens (tertiary/aromatic N) is 4. The van der Waals surface area contributed by atoms with Gasteiger partial charge in [-0.25, -0.2) is 4.68 Å². The molecule has 1 heterocycles. The highest BCUT2D eigenvalue weighted by molar-refractivity contribution is 5.34. The zero-order valence-electron chi connectivity index (χ0n) is 14.2. The molecule has 2 unspecified atom stereocenters. The van der Waals surface area contributed by atoms with Crippen molar-refractivity contribution in [3.05, 3.63) is 66.0 Å². The summed E-state index contributed by atoms with van der Waals surface area (Å²) in [4.78, 5) is 0. The largest absolute Gasteiger partial charge is 0.497 e. The van der Waals surface area contributed by atoms with E-state index in [1.807, 2.05) is 48.5 Å². The molecule has 0 radical (unpaired) electrons. The fourth-order valence-corrected chi connectivity index (χ4v) is 2.55. The number of aliphatic hydroxyl groups is 1. The number of methoxy groups -OCH3 is 1. The fourth-order valence-electron chi connectivity index (χ4n) is 2.55. The maximum atomic E-state index is 10.3. The predicted molar refractivity (Wildman–Crippen MR) is 93.5 cm³/mol. The van der Waals surface area contributed by atoms with Gasteiger partial charge in [0.1, 0.15) is 12.1 Å². The molecule has 0 aliphatic carbocycles. The van der Waals surface area contributed by atoms with Gasteiger partial charge in [-0.05, 0) is 52.7 Å². The molecule has 0 aliphatic rings. The lowest BCUT2D eigenvalue weighted by Crippen LogP contribution is -2.24. The van der Waals surface area contributed by atoms with Gasteiger partial charge < -0.3 is 15.2 Å². The summed E-state index contributed by atoms with van der Waals surface area (Å²) < 4.78 is 6.74. The molecule has 130 valence electrons. The van der Waals surface area contributed by atoms with E-state index in [0.717, 1.165) is 22.6 Å². The molecule has 0 fully saturated rings. The second-order valence-corrected chi connectivity index (χ2v) is 5.76. The van der Waals surface area contributed by atoms with Crippen LogP contribution in [0.1, 0.15) is 30.2 Å². The van der Waals surface area contributed by atoms with Crippen molar-refractivity contribution in [1.29, 1.82) is 0 Å². The van der Waals surface area contributed by atoms with E-state index in [0.29, 0.717) is 6.54 Å². The maximum Gasteiger partial charge on any atom is 0.143 e. The average molecular weight is 339 g/mol. The van der Waals surface area contributed by atoms with Crippen molar-refractivity contribution in [2.24, 2.45) is 0 Å². The molecule has 7 nitrogen and oxygen atoms in total. The molecule has 1 aromatic heterocycles. The van der Waals surface area contributed by atoms with E-state index in [9.17, 15) is 5.11 Å². The molecular weight excluding hydrogens is 318 g/mol. The van der Waals surface area contributed by atoms with E-state index in [-0.39, 0.29) is 6.04 Å². The van der Waals surface area contributed by atoms with Crippen LogP contribution in [0.5, 0.6) is 5.75 Å². The third kappa shape index (κ3) is 4.20. The first-order chi connectivity index (χ1) is 12.2. The molecule has 0 spiro atoms. The van der Waals surface area contributed by atoms with Gasteiger partial charge in [0.25, 0.3) is 0 Å². The fraction of sp³-hybridized carbons (Fsp3) is 0.278. The summed E-state index contributed by atoms with van der Waals surface area (Å²) in [6, 6.07) is 15.5. The summed E-state index contributed by atoms with van der Waals surface area (Å²) >= 11 is 0. The van der Waals surface area contributed by atoms with Crippen LogP contribution in [0.25, 0.3) is 5.69 Å². The second kappa shape index (κ2) is 7.87. The zero-order valence-corrected chi connectivity index (χ0v) is 14.2. The summed E-state index contributed by atoms with van der Waals surface area (Å²) in [5, 5.41) is 24.8. The number of nitrogens with one attached hydrogen (secondary N) is 1. The van der Waals surface area contributed by atoms with Crippen LogP contribution in [-0.2, 0) is 0 Å². The Kier molecular flexibility index (Phi) is 5.37. The first-order valence-corrected chi connectivity index (χ1v) is 8.06. The van der Waals surface area contributed by atoms with Gasteiger partial charge in [0.15, 0.2) is 0 Å². The molecule has 2 aromatic carbocycles. The zero-order chi connectivity index (χ0) is 17.6. The van der Waals surface area contributed by atoms with Gasteiger partial charge in [-0.2, -0.15) is 0 Å². The summed E-state index contributed by atoms with van der Waals surface area (Å²) in [7, 11) is 1.62. The summed E-state index contributed by atoms with van der Waals surface area (Å²) in [5.74, 6) is 0.778. The van der Waals surface area contributed by atoms with Crippen molar-refractivity contribution < 1.29 is 9.84 Å². The van der Waals surface area contributed by atoms with E-state index in [2.05, 4.69) is 27.8 Å². The van der Waals surface area contributed by atoms with Crippen LogP contribution in [0.2, 0.25) is 0 Å². The Labute approximate surface area is 146 Å². The van der Waals surface area contributed by atoms with E-state index < -0.39 is 6.10 Å². The molecule has 0 bridgehead atoms. The monoisotopic (exact) mass is 339 g/mol. The average Bonchev–Trinajstić information content (AvgIpc) is 3.21. The van der Waals surface area contributed by atoms with Gasteiger partial charge in [0.2, 0.25) is 0 Å². The van der Waals surface area contributed by atoms with Gasteiger partial charge in [-0.1, -0.05) is 24.3 Å². The Morgan fingerprint density at radius 3 is 2.36 bits per heavy atom. The Balaban J connectivity index is 1.57. The summed E-state index contributed by atoms with van der Waals surface area (Å²) in [6.45, 7) is 2.52. The van der Waals surface area contributed by atoms with Crippen LogP contribution in [0.4, 0.5) is 0 Å². The number of aromatic nitrogens is 4. The molecule has 3 rings (SSSR count). The highest BCUT2D eigenvalue weighted by Crippen LogP contribution is 2.19. The lowest BCUT2D eigenvalue weighted by atomic mass is 10.1. The van der Waals surface area contributed by atoms with Crippen LogP contribution >= 0.6 is 0 Å². The third-order valence-corrected chi connectivity index (χ3v) is 4.12. The second-order valence-electron chi connectivity index (χ2n) is 5.76. The van der Waals surface area contributed by atoms with Gasteiger partial charge in [0.05, 0.1) is 18.9 Å². The van der Waals surface area contributed by atoms with Crippen molar-refractivity contribution >= 4 is 0 Å². The normalized spacial score (nSPS) is 13.4. The molecule has 0 saturated carbocycles. The Morgan fingerprint density at radius 1 is 1.08 bits per heavy atom. The lowest BCUT2D eigenvalue weighted by Gasteiger charge is -2.18. The van der Waals surface area contributed by atoms with Crippen LogP contribution in [0.15, 0.2) is 54.9 Å². The van der Waals surface area contributed by atoms with Crippen molar-refractivity contribution in [3.63, 3.8) is 0 Å². The Hall–Kier alpha value is -2.77. The molecule has 0 aliphatic heterocycles. The van der Waals surface area contributed by atoms with Gasteiger partial charge in [-0.15, -0.1) is 5.10 Å². The molecule has 7 heteroatoms. The van der Waals surface area contributed by atoms with E-state index in [1.54, 1.807) is 18.1 Å². The molecular formula is C18H21N5O2. The molecule has 0 saturated heterocycles. The van der Waals surface area contributed by atoms with Gasteiger partial charge >= 0.3 is 0 Å². The highest BCUT2D eigenvalue weighted by Gasteiger charge is 2.11. The van der Waals surface area contributed by atoms with E-state index >= 15 is 0 Å². The highest BCUT2D eigenvalue weighted by atomic mass is 16.5. The number of benzene rings is 2. The minimum absolute atomic E-state index is 0.107. The number of aliphatic hydroxyl groups excluding tert-OH is 1. The van der Waals surface area contributed by atoms with Crippen LogP contribution in [0.3, 0.4) is 0 Å². The number of rotatable bonds is 7. The van der Waals surface area contributed by atoms with E-state index in [4.69, 9.17) is 4.74 Å². The van der Waals surface area contributed by atoms with E-state index in [1.165, 1.54) is 0 Å². The molecule has 2 atom stereocenters. The smallest absolute Gasteiger partial charge is 0.143 e. The minimum atomic E-state index is -0.575. The van der Waals surface area contributed by atoms with Gasteiger partial charge in [-0.3, -0.25) is 0 Å². The van der Waals surface area contributed by atoms with Crippen molar-refractivity contribution in [2.75, 3.05) is 13.7 Å². The van der Waals surface area contributed by atoms with Crippen molar-refractivity contribution in [3.8, 4) is 11.4 Å². The predicted octanol–water partition coefficient (Wildman–Crippen LogP) is 2.06. The van der Waals surface area contributed by atoms with Crippen molar-refractivity contribution in [1.82, 2.24) is 25.5 Å².